The predicted molar refractivity (Wildman–Crippen MR) is 104 cm³/mol. The second kappa shape index (κ2) is 7.35. The minimum absolute atomic E-state index is 0.0819. The van der Waals surface area contributed by atoms with Gasteiger partial charge in [-0.2, -0.15) is 0 Å². The van der Waals surface area contributed by atoms with E-state index in [1.54, 1.807) is 0 Å². The smallest absolute Gasteiger partial charge is 0.254 e. The third-order valence-electron chi connectivity index (χ3n) is 5.13. The van der Waals surface area contributed by atoms with E-state index in [2.05, 4.69) is 16.3 Å². The number of aromatic nitrogens is 2. The molecule has 4 rings (SSSR count). The SMILES string of the molecule is Cc1ccc(C(=O)N2CCCC(c3nnc(-c4ccccc4)o3)C2)c(C)c1. The van der Waals surface area contributed by atoms with Gasteiger partial charge in [0.1, 0.15) is 0 Å². The van der Waals surface area contributed by atoms with E-state index in [1.807, 2.05) is 61.2 Å². The summed E-state index contributed by atoms with van der Waals surface area (Å²) >= 11 is 0. The highest BCUT2D eigenvalue weighted by molar-refractivity contribution is 5.95. The van der Waals surface area contributed by atoms with Gasteiger partial charge in [0.2, 0.25) is 11.8 Å². The Labute approximate surface area is 159 Å². The molecule has 138 valence electrons. The van der Waals surface area contributed by atoms with E-state index in [-0.39, 0.29) is 11.8 Å². The number of aryl methyl sites for hydroxylation is 2. The quantitative estimate of drug-likeness (QED) is 0.695. The number of amides is 1. The monoisotopic (exact) mass is 361 g/mol. The Bertz CT molecular complexity index is 949. The first kappa shape index (κ1) is 17.5. The number of likely N-dealkylation sites (tertiary alicyclic amines) is 1. The average Bonchev–Trinajstić information content (AvgIpc) is 3.19. The fraction of sp³-hybridized carbons (Fsp3) is 0.318. The van der Waals surface area contributed by atoms with Crippen molar-refractivity contribution in [3.8, 4) is 11.5 Å². The van der Waals surface area contributed by atoms with Crippen LogP contribution in [0.1, 0.15) is 46.1 Å². The maximum absolute atomic E-state index is 13.0. The Morgan fingerprint density at radius 2 is 1.93 bits per heavy atom. The molecular formula is C22H23N3O2. The zero-order valence-corrected chi connectivity index (χ0v) is 15.7. The van der Waals surface area contributed by atoms with Crippen molar-refractivity contribution >= 4 is 5.91 Å². The number of benzene rings is 2. The largest absolute Gasteiger partial charge is 0.420 e. The van der Waals surface area contributed by atoms with Crippen LogP contribution in [0.25, 0.3) is 11.5 Å². The van der Waals surface area contributed by atoms with E-state index in [1.165, 1.54) is 5.56 Å². The van der Waals surface area contributed by atoms with Crippen molar-refractivity contribution in [3.63, 3.8) is 0 Å². The number of nitrogens with zero attached hydrogens (tertiary/aromatic N) is 3. The summed E-state index contributed by atoms with van der Waals surface area (Å²) in [5.41, 5.74) is 3.87. The molecule has 0 bridgehead atoms. The lowest BCUT2D eigenvalue weighted by molar-refractivity contribution is 0.0697. The summed E-state index contributed by atoms with van der Waals surface area (Å²) in [6.45, 7) is 5.41. The predicted octanol–water partition coefficient (Wildman–Crippen LogP) is 4.37. The molecule has 0 radical (unpaired) electrons. The van der Waals surface area contributed by atoms with E-state index in [9.17, 15) is 4.79 Å². The van der Waals surface area contributed by atoms with Crippen molar-refractivity contribution < 1.29 is 9.21 Å². The van der Waals surface area contributed by atoms with E-state index < -0.39 is 0 Å². The molecule has 3 aromatic rings. The number of hydrogen-bond acceptors (Lipinski definition) is 4. The molecule has 1 aliphatic rings. The van der Waals surface area contributed by atoms with Gasteiger partial charge in [-0.1, -0.05) is 35.9 Å². The Kier molecular flexibility index (Phi) is 4.75. The number of carbonyl (C=O) groups excluding carboxylic acids is 1. The van der Waals surface area contributed by atoms with Crippen LogP contribution < -0.4 is 0 Å². The average molecular weight is 361 g/mol. The first-order valence-electron chi connectivity index (χ1n) is 9.37. The highest BCUT2D eigenvalue weighted by Gasteiger charge is 2.29. The molecular weight excluding hydrogens is 338 g/mol. The third-order valence-corrected chi connectivity index (χ3v) is 5.13. The van der Waals surface area contributed by atoms with Gasteiger partial charge in [0.05, 0.1) is 5.92 Å². The standard InChI is InChI=1S/C22H23N3O2/c1-15-10-11-19(16(2)13-15)22(26)25-12-6-9-18(14-25)21-24-23-20(27-21)17-7-4-3-5-8-17/h3-5,7-8,10-11,13,18H,6,9,12,14H2,1-2H3. The van der Waals surface area contributed by atoms with Gasteiger partial charge in [-0.3, -0.25) is 4.79 Å². The van der Waals surface area contributed by atoms with Crippen molar-refractivity contribution in [2.24, 2.45) is 0 Å². The first-order chi connectivity index (χ1) is 13.1. The molecule has 1 aliphatic heterocycles. The number of hydrogen-bond donors (Lipinski definition) is 0. The molecule has 1 amide bonds. The molecule has 1 atom stereocenters. The van der Waals surface area contributed by atoms with Crippen molar-refractivity contribution in [2.45, 2.75) is 32.6 Å². The highest BCUT2D eigenvalue weighted by atomic mass is 16.4. The van der Waals surface area contributed by atoms with Crippen LogP contribution in [0.4, 0.5) is 0 Å². The van der Waals surface area contributed by atoms with Gasteiger partial charge in [-0.05, 0) is 50.5 Å². The van der Waals surface area contributed by atoms with Gasteiger partial charge < -0.3 is 9.32 Å². The molecule has 0 saturated carbocycles. The molecule has 2 aromatic carbocycles. The fourth-order valence-corrected chi connectivity index (χ4v) is 3.68. The summed E-state index contributed by atoms with van der Waals surface area (Å²) in [5.74, 6) is 1.31. The number of carbonyl (C=O) groups is 1. The van der Waals surface area contributed by atoms with Crippen molar-refractivity contribution in [1.82, 2.24) is 15.1 Å². The second-order valence-corrected chi connectivity index (χ2v) is 7.22. The summed E-state index contributed by atoms with van der Waals surface area (Å²) in [6, 6.07) is 15.7. The molecule has 0 aliphatic carbocycles. The number of piperidine rings is 1. The van der Waals surface area contributed by atoms with Gasteiger partial charge >= 0.3 is 0 Å². The topological polar surface area (TPSA) is 59.2 Å². The molecule has 1 unspecified atom stereocenters. The Morgan fingerprint density at radius 1 is 1.11 bits per heavy atom. The molecule has 5 nitrogen and oxygen atoms in total. The Hall–Kier alpha value is -2.95. The third kappa shape index (κ3) is 3.63. The minimum atomic E-state index is 0.0819. The molecule has 5 heteroatoms. The zero-order valence-electron chi connectivity index (χ0n) is 15.7. The summed E-state index contributed by atoms with van der Waals surface area (Å²) in [5, 5.41) is 8.45. The molecule has 0 N–H and O–H groups in total. The molecule has 1 fully saturated rings. The normalized spacial score (nSPS) is 17.1. The summed E-state index contributed by atoms with van der Waals surface area (Å²) in [4.78, 5) is 14.9. The molecule has 0 spiro atoms. The lowest BCUT2D eigenvalue weighted by Crippen LogP contribution is -2.39. The fourth-order valence-electron chi connectivity index (χ4n) is 3.68. The van der Waals surface area contributed by atoms with Crippen LogP contribution in [-0.4, -0.2) is 34.1 Å². The molecule has 1 saturated heterocycles. The summed E-state index contributed by atoms with van der Waals surface area (Å²) < 4.78 is 5.92. The summed E-state index contributed by atoms with van der Waals surface area (Å²) in [7, 11) is 0. The van der Waals surface area contributed by atoms with Crippen LogP contribution in [-0.2, 0) is 0 Å². The van der Waals surface area contributed by atoms with Gasteiger partial charge in [0, 0.05) is 24.2 Å². The number of rotatable bonds is 3. The van der Waals surface area contributed by atoms with Crippen LogP contribution >= 0.6 is 0 Å². The molecule has 2 heterocycles. The van der Waals surface area contributed by atoms with Gasteiger partial charge in [0.15, 0.2) is 0 Å². The van der Waals surface area contributed by atoms with Crippen LogP contribution in [0.15, 0.2) is 52.9 Å². The van der Waals surface area contributed by atoms with Gasteiger partial charge in [-0.25, -0.2) is 0 Å². The van der Waals surface area contributed by atoms with E-state index in [0.29, 0.717) is 18.3 Å². The van der Waals surface area contributed by atoms with Gasteiger partial charge in [-0.15, -0.1) is 10.2 Å². The second-order valence-electron chi connectivity index (χ2n) is 7.22. The van der Waals surface area contributed by atoms with Crippen LogP contribution in [0, 0.1) is 13.8 Å². The lowest BCUT2D eigenvalue weighted by Gasteiger charge is -2.31. The van der Waals surface area contributed by atoms with E-state index in [0.717, 1.165) is 36.1 Å². The first-order valence-corrected chi connectivity index (χ1v) is 9.37. The molecule has 1 aromatic heterocycles. The maximum atomic E-state index is 13.0. The van der Waals surface area contributed by atoms with Crippen molar-refractivity contribution in [2.75, 3.05) is 13.1 Å². The highest BCUT2D eigenvalue weighted by Crippen LogP contribution is 2.29. The van der Waals surface area contributed by atoms with E-state index in [4.69, 9.17) is 4.42 Å². The molecule has 27 heavy (non-hydrogen) atoms. The Balaban J connectivity index is 1.51. The van der Waals surface area contributed by atoms with Crippen molar-refractivity contribution in [3.05, 3.63) is 71.1 Å². The van der Waals surface area contributed by atoms with Crippen LogP contribution in [0.5, 0.6) is 0 Å². The Morgan fingerprint density at radius 3 is 2.70 bits per heavy atom. The zero-order chi connectivity index (χ0) is 18.8. The summed E-state index contributed by atoms with van der Waals surface area (Å²) in [6.07, 6.45) is 1.89. The van der Waals surface area contributed by atoms with Crippen LogP contribution in [0.3, 0.4) is 0 Å². The van der Waals surface area contributed by atoms with Gasteiger partial charge in [0.25, 0.3) is 5.91 Å². The lowest BCUT2D eigenvalue weighted by atomic mass is 9.96. The maximum Gasteiger partial charge on any atom is 0.254 e. The van der Waals surface area contributed by atoms with E-state index >= 15 is 0 Å². The van der Waals surface area contributed by atoms with Crippen molar-refractivity contribution in [1.29, 1.82) is 0 Å². The minimum Gasteiger partial charge on any atom is -0.420 e. The van der Waals surface area contributed by atoms with Crippen LogP contribution in [0.2, 0.25) is 0 Å².